The average molecular weight is 262 g/mol. The van der Waals surface area contributed by atoms with Gasteiger partial charge in [0.2, 0.25) is 0 Å². The fraction of sp³-hybridized carbons (Fsp3) is 0.533. The highest BCUT2D eigenvalue weighted by molar-refractivity contribution is 8.13. The SMILES string of the molecule is CC(C)CN1CC(C)CSC1=Nc1ccccc1. The van der Waals surface area contributed by atoms with Gasteiger partial charge in [-0.05, 0) is 24.0 Å². The zero-order valence-corrected chi connectivity index (χ0v) is 12.3. The van der Waals surface area contributed by atoms with E-state index in [4.69, 9.17) is 4.99 Å². The van der Waals surface area contributed by atoms with Gasteiger partial charge in [0.05, 0.1) is 5.69 Å². The molecule has 18 heavy (non-hydrogen) atoms. The van der Waals surface area contributed by atoms with Crippen molar-refractivity contribution in [2.45, 2.75) is 20.8 Å². The summed E-state index contributed by atoms with van der Waals surface area (Å²) in [7, 11) is 0. The van der Waals surface area contributed by atoms with Gasteiger partial charge in [0.25, 0.3) is 0 Å². The Bertz CT molecular complexity index is 398. The summed E-state index contributed by atoms with van der Waals surface area (Å²) in [5.41, 5.74) is 1.06. The molecule has 1 atom stereocenters. The molecule has 0 bridgehead atoms. The molecule has 1 aromatic carbocycles. The molecule has 2 nitrogen and oxygen atoms in total. The Morgan fingerprint density at radius 2 is 2.06 bits per heavy atom. The largest absolute Gasteiger partial charge is 0.351 e. The van der Waals surface area contributed by atoms with Gasteiger partial charge >= 0.3 is 0 Å². The van der Waals surface area contributed by atoms with Crippen LogP contribution in [0.1, 0.15) is 20.8 Å². The van der Waals surface area contributed by atoms with Crippen molar-refractivity contribution in [2.24, 2.45) is 16.8 Å². The number of nitrogens with zero attached hydrogens (tertiary/aromatic N) is 2. The highest BCUT2D eigenvalue weighted by Gasteiger charge is 2.22. The summed E-state index contributed by atoms with van der Waals surface area (Å²) in [6.07, 6.45) is 0. The molecule has 1 aliphatic heterocycles. The lowest BCUT2D eigenvalue weighted by atomic mass is 10.1. The Hall–Kier alpha value is -0.960. The minimum atomic E-state index is 0.678. The summed E-state index contributed by atoms with van der Waals surface area (Å²) in [4.78, 5) is 7.23. The average Bonchev–Trinajstić information content (AvgIpc) is 2.33. The molecule has 1 fully saturated rings. The van der Waals surface area contributed by atoms with E-state index in [1.54, 1.807) is 0 Å². The first kappa shape index (κ1) is 13.5. The van der Waals surface area contributed by atoms with Crippen molar-refractivity contribution < 1.29 is 0 Å². The molecule has 1 aromatic rings. The summed E-state index contributed by atoms with van der Waals surface area (Å²) in [6, 6.07) is 10.3. The lowest BCUT2D eigenvalue weighted by Gasteiger charge is -2.34. The van der Waals surface area contributed by atoms with Crippen molar-refractivity contribution in [3.63, 3.8) is 0 Å². The molecule has 0 aliphatic carbocycles. The second-order valence-corrected chi connectivity index (χ2v) is 6.43. The highest BCUT2D eigenvalue weighted by Crippen LogP contribution is 2.25. The maximum Gasteiger partial charge on any atom is 0.164 e. The van der Waals surface area contributed by atoms with Crippen molar-refractivity contribution in [2.75, 3.05) is 18.8 Å². The van der Waals surface area contributed by atoms with E-state index < -0.39 is 0 Å². The van der Waals surface area contributed by atoms with Gasteiger partial charge < -0.3 is 4.90 Å². The molecule has 1 aliphatic rings. The van der Waals surface area contributed by atoms with Crippen LogP contribution in [0.25, 0.3) is 0 Å². The van der Waals surface area contributed by atoms with E-state index >= 15 is 0 Å². The second-order valence-electron chi connectivity index (χ2n) is 5.44. The minimum absolute atomic E-state index is 0.678. The van der Waals surface area contributed by atoms with Crippen LogP contribution in [-0.4, -0.2) is 28.9 Å². The second kappa shape index (κ2) is 6.28. The van der Waals surface area contributed by atoms with Gasteiger partial charge in [-0.2, -0.15) is 0 Å². The first-order valence-corrected chi connectivity index (χ1v) is 7.65. The monoisotopic (exact) mass is 262 g/mol. The molecular formula is C15H22N2S. The van der Waals surface area contributed by atoms with Gasteiger partial charge in [-0.3, -0.25) is 0 Å². The topological polar surface area (TPSA) is 15.6 Å². The molecule has 2 rings (SSSR count). The van der Waals surface area contributed by atoms with Crippen LogP contribution in [-0.2, 0) is 0 Å². The number of aliphatic imine (C=N–C) groups is 1. The van der Waals surface area contributed by atoms with Crippen molar-refractivity contribution in [1.29, 1.82) is 0 Å². The number of amidine groups is 1. The van der Waals surface area contributed by atoms with E-state index in [2.05, 4.69) is 37.8 Å². The molecular weight excluding hydrogens is 240 g/mol. The molecule has 0 spiro atoms. The third-order valence-corrected chi connectivity index (χ3v) is 4.21. The summed E-state index contributed by atoms with van der Waals surface area (Å²) >= 11 is 1.89. The fourth-order valence-corrected chi connectivity index (χ4v) is 3.17. The molecule has 0 N–H and O–H groups in total. The lowest BCUT2D eigenvalue weighted by molar-refractivity contribution is 0.330. The Labute approximate surface area is 114 Å². The Morgan fingerprint density at radius 3 is 2.72 bits per heavy atom. The molecule has 98 valence electrons. The fourth-order valence-electron chi connectivity index (χ4n) is 2.12. The van der Waals surface area contributed by atoms with E-state index in [9.17, 15) is 0 Å². The van der Waals surface area contributed by atoms with Gasteiger partial charge in [-0.25, -0.2) is 4.99 Å². The molecule has 3 heteroatoms. The molecule has 0 amide bonds. The summed E-state index contributed by atoms with van der Waals surface area (Å²) in [5.74, 6) is 2.61. The van der Waals surface area contributed by atoms with Crippen molar-refractivity contribution in [3.8, 4) is 0 Å². The first-order chi connectivity index (χ1) is 8.65. The van der Waals surface area contributed by atoms with Crippen LogP contribution in [0.3, 0.4) is 0 Å². The lowest BCUT2D eigenvalue weighted by Crippen LogP contribution is -2.40. The number of benzene rings is 1. The van der Waals surface area contributed by atoms with Crippen molar-refractivity contribution in [3.05, 3.63) is 30.3 Å². The van der Waals surface area contributed by atoms with Gasteiger partial charge in [-0.1, -0.05) is 50.7 Å². The summed E-state index contributed by atoms with van der Waals surface area (Å²) in [5, 5.41) is 1.19. The van der Waals surface area contributed by atoms with Crippen molar-refractivity contribution in [1.82, 2.24) is 4.90 Å². The number of hydrogen-bond donors (Lipinski definition) is 0. The third-order valence-electron chi connectivity index (χ3n) is 2.87. The molecule has 0 radical (unpaired) electrons. The Morgan fingerprint density at radius 1 is 1.33 bits per heavy atom. The zero-order chi connectivity index (χ0) is 13.0. The Balaban J connectivity index is 2.15. The number of thioether (sulfide) groups is 1. The van der Waals surface area contributed by atoms with E-state index in [1.807, 2.05) is 30.0 Å². The minimum Gasteiger partial charge on any atom is -0.351 e. The van der Waals surface area contributed by atoms with Gasteiger partial charge in [0.15, 0.2) is 5.17 Å². The predicted molar refractivity (Wildman–Crippen MR) is 81.6 cm³/mol. The number of hydrogen-bond acceptors (Lipinski definition) is 2. The van der Waals surface area contributed by atoms with Crippen LogP contribution in [0.4, 0.5) is 5.69 Å². The van der Waals surface area contributed by atoms with Crippen LogP contribution in [0.15, 0.2) is 35.3 Å². The summed E-state index contributed by atoms with van der Waals surface area (Å²) < 4.78 is 0. The van der Waals surface area contributed by atoms with Crippen molar-refractivity contribution >= 4 is 22.6 Å². The normalized spacial score (nSPS) is 22.8. The maximum absolute atomic E-state index is 4.79. The molecule has 1 unspecified atom stereocenters. The van der Waals surface area contributed by atoms with E-state index in [0.717, 1.165) is 24.7 Å². The van der Waals surface area contributed by atoms with Gasteiger partial charge in [-0.15, -0.1) is 0 Å². The van der Waals surface area contributed by atoms with Gasteiger partial charge in [0, 0.05) is 18.8 Å². The Kier molecular flexibility index (Phi) is 4.70. The zero-order valence-electron chi connectivity index (χ0n) is 11.5. The number of rotatable bonds is 3. The quantitative estimate of drug-likeness (QED) is 0.817. The smallest absolute Gasteiger partial charge is 0.164 e. The van der Waals surface area contributed by atoms with Crippen LogP contribution < -0.4 is 0 Å². The molecule has 0 aromatic heterocycles. The standard InChI is InChI=1S/C15H22N2S/c1-12(2)9-17-10-13(3)11-18-15(17)16-14-7-5-4-6-8-14/h4-8,12-13H,9-11H2,1-3H3. The number of para-hydroxylation sites is 1. The van der Waals surface area contributed by atoms with E-state index in [1.165, 1.54) is 10.9 Å². The molecule has 1 saturated heterocycles. The maximum atomic E-state index is 4.79. The third kappa shape index (κ3) is 3.77. The van der Waals surface area contributed by atoms with E-state index in [-0.39, 0.29) is 0 Å². The van der Waals surface area contributed by atoms with Crippen LogP contribution >= 0.6 is 11.8 Å². The van der Waals surface area contributed by atoms with Gasteiger partial charge in [0.1, 0.15) is 0 Å². The highest BCUT2D eigenvalue weighted by atomic mass is 32.2. The van der Waals surface area contributed by atoms with E-state index in [0.29, 0.717) is 5.92 Å². The van der Waals surface area contributed by atoms with Crippen LogP contribution in [0.5, 0.6) is 0 Å². The predicted octanol–water partition coefficient (Wildman–Crippen LogP) is 4.02. The molecule has 1 heterocycles. The summed E-state index contributed by atoms with van der Waals surface area (Å²) in [6.45, 7) is 9.09. The van der Waals surface area contributed by atoms with Crippen LogP contribution in [0, 0.1) is 11.8 Å². The first-order valence-electron chi connectivity index (χ1n) is 6.66. The van der Waals surface area contributed by atoms with Crippen LogP contribution in [0.2, 0.25) is 0 Å². The molecule has 0 saturated carbocycles.